The van der Waals surface area contributed by atoms with Gasteiger partial charge in [0.05, 0.1) is 6.04 Å². The highest BCUT2D eigenvalue weighted by atomic mass is 16.3. The van der Waals surface area contributed by atoms with Crippen LogP contribution in [0.25, 0.3) is 0 Å². The summed E-state index contributed by atoms with van der Waals surface area (Å²) in [5.74, 6) is 0.753. The van der Waals surface area contributed by atoms with Crippen LogP contribution in [-0.4, -0.2) is 122 Å². The molecule has 1 saturated carbocycles. The van der Waals surface area contributed by atoms with E-state index in [1.165, 1.54) is 6.42 Å². The molecule has 1 aliphatic heterocycles. The Morgan fingerprint density at radius 1 is 0.765 bits per heavy atom. The lowest BCUT2D eigenvalue weighted by Gasteiger charge is -2.41. The predicted molar refractivity (Wildman–Crippen MR) is 202 cm³/mol. The number of nitrogens with zero attached hydrogens (tertiary/aromatic N) is 1. The molecule has 0 aromatic rings. The van der Waals surface area contributed by atoms with Gasteiger partial charge in [-0.15, -0.1) is 0 Å². The van der Waals surface area contributed by atoms with Crippen molar-refractivity contribution >= 4 is 5.96 Å². The van der Waals surface area contributed by atoms with Crippen LogP contribution in [0.1, 0.15) is 125 Å². The zero-order chi connectivity index (χ0) is 38.1. The monoisotopic (exact) mass is 732 g/mol. The Balaban J connectivity index is 2.22. The number of hydrogen-bond donors (Lipinski definition) is 14. The van der Waals surface area contributed by atoms with Crippen molar-refractivity contribution in [1.29, 1.82) is 5.41 Å². The average molecular weight is 732 g/mol. The normalized spacial score (nSPS) is 23.8. The van der Waals surface area contributed by atoms with Crippen LogP contribution in [0.3, 0.4) is 0 Å². The smallest absolute Gasteiger partial charge is 0.185 e. The SMILES string of the molecule is CCC(O)NC(CC(C)C)C(O)NC(CC(C)C)C(O)NC(CC1CCCCC1)C(O)N1CCC[C@H]1C(O)NC(CCCCNC(=N)N)C(N)O. The number of unbranched alkanes of at least 4 members (excludes halogenated alkanes) is 1. The second-order valence-electron chi connectivity index (χ2n) is 16.0. The summed E-state index contributed by atoms with van der Waals surface area (Å²) in [5.41, 5.74) is 11.2. The zero-order valence-electron chi connectivity index (χ0n) is 32.2. The molecule has 2 aliphatic rings. The lowest BCUT2D eigenvalue weighted by atomic mass is 9.84. The van der Waals surface area contributed by atoms with Crippen molar-refractivity contribution in [2.75, 3.05) is 13.1 Å². The largest absolute Gasteiger partial charge is 0.379 e. The summed E-state index contributed by atoms with van der Waals surface area (Å²) in [6, 6.07) is -2.50. The summed E-state index contributed by atoms with van der Waals surface area (Å²) in [6.45, 7) is 11.2. The Labute approximate surface area is 307 Å². The van der Waals surface area contributed by atoms with E-state index in [4.69, 9.17) is 16.9 Å². The molecule has 0 spiro atoms. The molecule has 0 amide bonds. The van der Waals surface area contributed by atoms with Crippen LogP contribution in [0.4, 0.5) is 0 Å². The lowest BCUT2D eigenvalue weighted by Crippen LogP contribution is -2.63. The van der Waals surface area contributed by atoms with E-state index in [9.17, 15) is 30.6 Å². The Bertz CT molecular complexity index is 932. The molecule has 15 nitrogen and oxygen atoms in total. The van der Waals surface area contributed by atoms with Gasteiger partial charge in [-0.1, -0.05) is 66.7 Å². The number of likely N-dealkylation sites (tertiary alicyclic amines) is 1. The van der Waals surface area contributed by atoms with Crippen LogP contribution in [0.5, 0.6) is 0 Å². The second-order valence-corrected chi connectivity index (χ2v) is 16.0. The van der Waals surface area contributed by atoms with Gasteiger partial charge in [0.1, 0.15) is 37.4 Å². The maximum absolute atomic E-state index is 12.1. The van der Waals surface area contributed by atoms with E-state index >= 15 is 0 Å². The highest BCUT2D eigenvalue weighted by Crippen LogP contribution is 2.31. The van der Waals surface area contributed by atoms with Gasteiger partial charge >= 0.3 is 0 Å². The van der Waals surface area contributed by atoms with Crippen LogP contribution >= 0.6 is 0 Å². The van der Waals surface area contributed by atoms with E-state index in [0.29, 0.717) is 70.4 Å². The van der Waals surface area contributed by atoms with E-state index in [2.05, 4.69) is 54.3 Å². The molecule has 16 N–H and O–H groups in total. The third-order valence-corrected chi connectivity index (χ3v) is 10.5. The van der Waals surface area contributed by atoms with E-state index in [1.807, 2.05) is 11.8 Å². The van der Waals surface area contributed by atoms with Crippen LogP contribution in [0, 0.1) is 23.2 Å². The molecular formula is C36H77N9O6. The topological polar surface area (TPSA) is 261 Å². The molecule has 0 radical (unpaired) electrons. The average Bonchev–Trinajstić information content (AvgIpc) is 3.56. The fourth-order valence-corrected chi connectivity index (χ4v) is 7.79. The number of aliphatic hydroxyl groups excluding tert-OH is 6. The standard InChI is InChI=1S/C36H77N9O6/c1-6-30(46)41-26(19-22(2)3)32(48)43-27(20-23(4)5)33(49)44-28(21-24-13-8-7-9-14-24)35(51)45-18-12-16-29(45)34(50)42-25(31(37)47)15-10-11-17-40-36(38)39/h22-35,41-44,46-51H,6-21,37H2,1-5H3,(H4,38,39,40)/t25?,26?,27?,28?,29-,30?,31?,32?,33?,34?,35?/m0/s1. The Morgan fingerprint density at radius 2 is 1.35 bits per heavy atom. The Morgan fingerprint density at radius 3 is 1.90 bits per heavy atom. The minimum absolute atomic E-state index is 0.0948. The van der Waals surface area contributed by atoms with Gasteiger partial charge in [-0.3, -0.25) is 31.6 Å². The number of aliphatic hydroxyl groups is 6. The molecule has 11 atom stereocenters. The fourth-order valence-electron chi connectivity index (χ4n) is 7.79. The van der Waals surface area contributed by atoms with Gasteiger partial charge in [-0.05, 0) is 75.5 Å². The van der Waals surface area contributed by atoms with E-state index in [1.54, 1.807) is 0 Å². The molecule has 15 heteroatoms. The Hall–Kier alpha value is -1.21. The number of nitrogens with two attached hydrogens (primary N) is 2. The summed E-state index contributed by atoms with van der Waals surface area (Å²) in [5, 5.41) is 90.2. The molecule has 0 bridgehead atoms. The van der Waals surface area contributed by atoms with Crippen molar-refractivity contribution < 1.29 is 30.6 Å². The van der Waals surface area contributed by atoms with E-state index < -0.39 is 67.6 Å². The molecule has 1 heterocycles. The molecule has 51 heavy (non-hydrogen) atoms. The highest BCUT2D eigenvalue weighted by Gasteiger charge is 2.41. The van der Waals surface area contributed by atoms with Crippen LogP contribution in [0.15, 0.2) is 0 Å². The van der Waals surface area contributed by atoms with Gasteiger partial charge in [-0.25, -0.2) is 0 Å². The second kappa shape index (κ2) is 24.2. The van der Waals surface area contributed by atoms with Crippen molar-refractivity contribution in [1.82, 2.24) is 31.5 Å². The molecule has 2 rings (SSSR count). The predicted octanol–water partition coefficient (Wildman–Crippen LogP) is 0.279. The highest BCUT2D eigenvalue weighted by molar-refractivity contribution is 5.74. The van der Waals surface area contributed by atoms with Crippen LogP contribution in [0.2, 0.25) is 0 Å². The molecular weight excluding hydrogens is 654 g/mol. The summed E-state index contributed by atoms with van der Waals surface area (Å²) >= 11 is 0. The number of rotatable bonds is 26. The molecule has 2 fully saturated rings. The first-order valence-corrected chi connectivity index (χ1v) is 19.8. The van der Waals surface area contributed by atoms with Crippen molar-refractivity contribution in [2.24, 2.45) is 29.2 Å². The summed E-state index contributed by atoms with van der Waals surface area (Å²) in [4.78, 5) is 1.90. The maximum Gasteiger partial charge on any atom is 0.185 e. The van der Waals surface area contributed by atoms with Gasteiger partial charge in [-0.2, -0.15) is 0 Å². The van der Waals surface area contributed by atoms with Crippen molar-refractivity contribution in [2.45, 2.75) is 192 Å². The Kier molecular flexibility index (Phi) is 21.8. The summed E-state index contributed by atoms with van der Waals surface area (Å²) in [6.07, 6.45) is 5.07. The molecule has 1 saturated heterocycles. The van der Waals surface area contributed by atoms with Crippen molar-refractivity contribution in [3.63, 3.8) is 0 Å². The van der Waals surface area contributed by atoms with Crippen molar-refractivity contribution in [3.8, 4) is 0 Å². The first-order chi connectivity index (χ1) is 24.1. The molecule has 0 aromatic heterocycles. The van der Waals surface area contributed by atoms with Gasteiger partial charge < -0.3 is 47.4 Å². The molecule has 1 aliphatic carbocycles. The van der Waals surface area contributed by atoms with Gasteiger partial charge in [0.15, 0.2) is 5.96 Å². The van der Waals surface area contributed by atoms with E-state index in [0.717, 1.165) is 32.1 Å². The minimum atomic E-state index is -1.20. The van der Waals surface area contributed by atoms with E-state index in [-0.39, 0.29) is 17.8 Å². The van der Waals surface area contributed by atoms with Crippen LogP contribution < -0.4 is 38.1 Å². The third-order valence-electron chi connectivity index (χ3n) is 10.5. The first kappa shape index (κ1) is 45.9. The van der Waals surface area contributed by atoms with Gasteiger partial charge in [0.25, 0.3) is 0 Å². The van der Waals surface area contributed by atoms with Crippen molar-refractivity contribution in [3.05, 3.63) is 0 Å². The number of hydrogen-bond acceptors (Lipinski definition) is 13. The summed E-state index contributed by atoms with van der Waals surface area (Å²) in [7, 11) is 0. The zero-order valence-corrected chi connectivity index (χ0v) is 32.2. The molecule has 302 valence electrons. The molecule has 0 aromatic carbocycles. The van der Waals surface area contributed by atoms with Gasteiger partial charge in [0, 0.05) is 37.3 Å². The minimum Gasteiger partial charge on any atom is -0.379 e. The van der Waals surface area contributed by atoms with Gasteiger partial charge in [0.2, 0.25) is 0 Å². The maximum atomic E-state index is 12.1. The first-order valence-electron chi connectivity index (χ1n) is 19.8. The molecule has 10 unspecified atom stereocenters. The quantitative estimate of drug-likeness (QED) is 0.0247. The summed E-state index contributed by atoms with van der Waals surface area (Å²) < 4.78 is 0. The number of guanidine groups is 1. The number of nitrogens with one attached hydrogen (secondary N) is 6. The van der Waals surface area contributed by atoms with Crippen LogP contribution in [-0.2, 0) is 0 Å². The fraction of sp³-hybridized carbons (Fsp3) is 0.972. The third kappa shape index (κ3) is 17.2. The lowest BCUT2D eigenvalue weighted by molar-refractivity contribution is -0.0884.